The number of nitrogens with two attached hydrogens (primary N) is 1. The second-order valence-electron chi connectivity index (χ2n) is 3.55. The van der Waals surface area contributed by atoms with Gasteiger partial charge in [-0.15, -0.1) is 0 Å². The lowest BCUT2D eigenvalue weighted by atomic mass is 10.2. The van der Waals surface area contributed by atoms with Gasteiger partial charge in [-0.1, -0.05) is 11.6 Å². The molecule has 0 aliphatic rings. The summed E-state index contributed by atoms with van der Waals surface area (Å²) >= 11 is 5.61. The molecule has 0 spiro atoms. The van der Waals surface area contributed by atoms with Crippen molar-refractivity contribution in [3.05, 3.63) is 52.9 Å². The van der Waals surface area contributed by atoms with Crippen LogP contribution >= 0.6 is 11.6 Å². The quantitative estimate of drug-likeness (QED) is 0.877. The fraction of sp³-hybridized carbons (Fsp3) is 0. The van der Waals surface area contributed by atoms with Crippen LogP contribution in [0.2, 0.25) is 5.02 Å². The number of hydrogen-bond donors (Lipinski definition) is 2. The predicted molar refractivity (Wildman–Crippen MR) is 68.0 cm³/mol. The number of amides is 1. The number of carbonyl (C=O) groups is 1. The molecule has 0 atom stereocenters. The highest BCUT2D eigenvalue weighted by atomic mass is 35.5. The fourth-order valence-corrected chi connectivity index (χ4v) is 1.48. The van der Waals surface area contributed by atoms with E-state index in [9.17, 15) is 9.18 Å². The maximum Gasteiger partial charge on any atom is 0.257 e. The first-order valence-corrected chi connectivity index (χ1v) is 5.42. The minimum Gasteiger partial charge on any atom is -0.384 e. The van der Waals surface area contributed by atoms with Crippen LogP contribution in [0, 0.1) is 5.82 Å². The highest BCUT2D eigenvalue weighted by Gasteiger charge is 2.09. The molecule has 4 nitrogen and oxygen atoms in total. The Morgan fingerprint density at radius 1 is 1.33 bits per heavy atom. The number of carbonyl (C=O) groups excluding carboxylic acids is 1. The molecule has 0 aliphatic carbocycles. The van der Waals surface area contributed by atoms with Crippen molar-refractivity contribution >= 4 is 29.0 Å². The van der Waals surface area contributed by atoms with Gasteiger partial charge in [-0.2, -0.15) is 0 Å². The maximum absolute atomic E-state index is 13.5. The number of rotatable bonds is 2. The van der Waals surface area contributed by atoms with Gasteiger partial charge in [0.1, 0.15) is 11.6 Å². The molecule has 2 rings (SSSR count). The van der Waals surface area contributed by atoms with Gasteiger partial charge in [0.2, 0.25) is 0 Å². The Kier molecular flexibility index (Phi) is 3.43. The minimum atomic E-state index is -0.598. The van der Waals surface area contributed by atoms with Gasteiger partial charge < -0.3 is 11.1 Å². The van der Waals surface area contributed by atoms with Crippen molar-refractivity contribution in [1.29, 1.82) is 0 Å². The van der Waals surface area contributed by atoms with E-state index in [0.29, 0.717) is 11.4 Å². The molecule has 0 saturated carbocycles. The van der Waals surface area contributed by atoms with Gasteiger partial charge in [-0.3, -0.25) is 4.79 Å². The number of nitrogens with zero attached hydrogens (tertiary/aromatic N) is 1. The monoisotopic (exact) mass is 265 g/mol. The van der Waals surface area contributed by atoms with E-state index < -0.39 is 11.7 Å². The molecule has 6 heteroatoms. The molecule has 92 valence electrons. The average Bonchev–Trinajstić information content (AvgIpc) is 2.33. The van der Waals surface area contributed by atoms with Crippen molar-refractivity contribution in [2.45, 2.75) is 0 Å². The summed E-state index contributed by atoms with van der Waals surface area (Å²) in [6, 6.07) is 7.00. The Labute approximate surface area is 108 Å². The van der Waals surface area contributed by atoms with E-state index in [1.54, 1.807) is 0 Å². The lowest BCUT2D eigenvalue weighted by Gasteiger charge is -2.06. The average molecular weight is 266 g/mol. The number of pyridine rings is 1. The third-order valence-electron chi connectivity index (χ3n) is 2.23. The Morgan fingerprint density at radius 3 is 2.72 bits per heavy atom. The van der Waals surface area contributed by atoms with Crippen LogP contribution in [0.25, 0.3) is 0 Å². The third-order valence-corrected chi connectivity index (χ3v) is 2.46. The van der Waals surface area contributed by atoms with E-state index in [1.165, 1.54) is 30.5 Å². The van der Waals surface area contributed by atoms with Gasteiger partial charge in [0, 0.05) is 11.2 Å². The minimum absolute atomic E-state index is 0.0567. The predicted octanol–water partition coefficient (Wildman–Crippen LogP) is 2.71. The Balaban J connectivity index is 2.18. The van der Waals surface area contributed by atoms with Crippen molar-refractivity contribution in [3.63, 3.8) is 0 Å². The summed E-state index contributed by atoms with van der Waals surface area (Å²) in [6.45, 7) is 0. The van der Waals surface area contributed by atoms with Crippen LogP contribution in [0.4, 0.5) is 15.9 Å². The summed E-state index contributed by atoms with van der Waals surface area (Å²) < 4.78 is 13.5. The molecular formula is C12H9ClFN3O. The third kappa shape index (κ3) is 2.75. The topological polar surface area (TPSA) is 68.0 Å². The van der Waals surface area contributed by atoms with Crippen molar-refractivity contribution in [2.24, 2.45) is 0 Å². The van der Waals surface area contributed by atoms with Gasteiger partial charge in [0.15, 0.2) is 0 Å². The molecule has 18 heavy (non-hydrogen) atoms. The van der Waals surface area contributed by atoms with Crippen molar-refractivity contribution < 1.29 is 9.18 Å². The number of benzene rings is 1. The molecule has 0 radical (unpaired) electrons. The second kappa shape index (κ2) is 5.01. The van der Waals surface area contributed by atoms with E-state index in [4.69, 9.17) is 17.3 Å². The first-order chi connectivity index (χ1) is 8.56. The molecule has 1 aromatic carbocycles. The highest BCUT2D eigenvalue weighted by molar-refractivity contribution is 6.30. The van der Waals surface area contributed by atoms with Crippen molar-refractivity contribution in [3.8, 4) is 0 Å². The standard InChI is InChI=1S/C12H9ClFN3O/c13-8-2-3-10(9(14)5-8)17-12(18)7-1-4-11(15)16-6-7/h1-6H,(H2,15,16)(H,17,18). The highest BCUT2D eigenvalue weighted by Crippen LogP contribution is 2.19. The fourth-order valence-electron chi connectivity index (χ4n) is 1.32. The van der Waals surface area contributed by atoms with Crippen LogP contribution in [0.1, 0.15) is 10.4 Å². The number of nitrogen functional groups attached to an aromatic ring is 1. The smallest absolute Gasteiger partial charge is 0.257 e. The van der Waals surface area contributed by atoms with E-state index >= 15 is 0 Å². The molecule has 0 unspecified atom stereocenters. The largest absolute Gasteiger partial charge is 0.384 e. The van der Waals surface area contributed by atoms with Crippen LogP contribution in [0.15, 0.2) is 36.5 Å². The van der Waals surface area contributed by atoms with Gasteiger partial charge in [0.05, 0.1) is 11.3 Å². The van der Waals surface area contributed by atoms with Crippen molar-refractivity contribution in [1.82, 2.24) is 4.98 Å². The van der Waals surface area contributed by atoms with Gasteiger partial charge in [0.25, 0.3) is 5.91 Å². The molecule has 0 fully saturated rings. The summed E-state index contributed by atoms with van der Waals surface area (Å²) in [5, 5.41) is 2.68. The Morgan fingerprint density at radius 2 is 2.11 bits per heavy atom. The Bertz CT molecular complexity index is 586. The van der Waals surface area contributed by atoms with Crippen LogP contribution in [-0.4, -0.2) is 10.9 Å². The van der Waals surface area contributed by atoms with E-state index in [-0.39, 0.29) is 10.7 Å². The summed E-state index contributed by atoms with van der Waals surface area (Å²) in [6.07, 6.45) is 1.32. The normalized spacial score (nSPS) is 10.1. The molecule has 1 heterocycles. The lowest BCUT2D eigenvalue weighted by molar-refractivity contribution is 0.102. The molecular weight excluding hydrogens is 257 g/mol. The second-order valence-corrected chi connectivity index (χ2v) is 3.99. The number of anilines is 2. The maximum atomic E-state index is 13.5. The SMILES string of the molecule is Nc1ccc(C(=O)Nc2ccc(Cl)cc2F)cn1. The summed E-state index contributed by atoms with van der Waals surface area (Å²) in [5.74, 6) is -0.757. The molecule has 1 aromatic heterocycles. The summed E-state index contributed by atoms with van der Waals surface area (Å²) in [5.41, 5.74) is 5.75. The first-order valence-electron chi connectivity index (χ1n) is 5.04. The zero-order valence-corrected chi connectivity index (χ0v) is 9.91. The van der Waals surface area contributed by atoms with E-state index in [0.717, 1.165) is 6.07 Å². The lowest BCUT2D eigenvalue weighted by Crippen LogP contribution is -2.13. The summed E-state index contributed by atoms with van der Waals surface area (Å²) in [7, 11) is 0. The number of halogens is 2. The molecule has 0 saturated heterocycles. The van der Waals surface area contributed by atoms with Crippen LogP contribution in [0.5, 0.6) is 0 Å². The van der Waals surface area contributed by atoms with Crippen molar-refractivity contribution in [2.75, 3.05) is 11.1 Å². The van der Waals surface area contributed by atoms with E-state index in [1.807, 2.05) is 0 Å². The number of hydrogen-bond acceptors (Lipinski definition) is 3. The van der Waals surface area contributed by atoms with Crippen LogP contribution in [0.3, 0.4) is 0 Å². The number of nitrogens with one attached hydrogen (secondary N) is 1. The molecule has 3 N–H and O–H groups in total. The van der Waals surface area contributed by atoms with Crippen LogP contribution < -0.4 is 11.1 Å². The molecule has 2 aromatic rings. The van der Waals surface area contributed by atoms with Crippen LogP contribution in [-0.2, 0) is 0 Å². The molecule has 1 amide bonds. The molecule has 0 aliphatic heterocycles. The Hall–Kier alpha value is -2.14. The zero-order valence-electron chi connectivity index (χ0n) is 9.15. The van der Waals surface area contributed by atoms with Gasteiger partial charge in [-0.05, 0) is 30.3 Å². The molecule has 0 bridgehead atoms. The van der Waals surface area contributed by atoms with Gasteiger partial charge in [-0.25, -0.2) is 9.37 Å². The first kappa shape index (κ1) is 12.3. The zero-order chi connectivity index (χ0) is 13.1. The summed E-state index contributed by atoms with van der Waals surface area (Å²) in [4.78, 5) is 15.6. The number of aromatic nitrogens is 1. The van der Waals surface area contributed by atoms with E-state index in [2.05, 4.69) is 10.3 Å². The van der Waals surface area contributed by atoms with Gasteiger partial charge >= 0.3 is 0 Å².